The minimum absolute atomic E-state index is 0.290. The summed E-state index contributed by atoms with van der Waals surface area (Å²) in [5.74, 6) is 0.248. The monoisotopic (exact) mass is 318 g/mol. The van der Waals surface area contributed by atoms with Crippen molar-refractivity contribution in [1.82, 2.24) is 0 Å². The Morgan fingerprint density at radius 3 is 2.08 bits per heavy atom. The van der Waals surface area contributed by atoms with E-state index in [9.17, 15) is 4.39 Å². The molecule has 1 heterocycles. The second kappa shape index (κ2) is 5.93. The first kappa shape index (κ1) is 14.6. The molecule has 2 nitrogen and oxygen atoms in total. The van der Waals surface area contributed by atoms with E-state index >= 15 is 0 Å². The molecule has 0 fully saturated rings. The highest BCUT2D eigenvalue weighted by Gasteiger charge is 2.17. The lowest BCUT2D eigenvalue weighted by atomic mass is 10.0. The maximum Gasteiger partial charge on any atom is 0.213 e. The van der Waals surface area contributed by atoms with Crippen molar-refractivity contribution in [2.45, 2.75) is 6.61 Å². The number of aromatic nitrogens is 1. The van der Waals surface area contributed by atoms with Crippen molar-refractivity contribution in [1.29, 1.82) is 0 Å². The molecule has 0 spiro atoms. The molecule has 0 amide bonds. The molecule has 3 heteroatoms. The van der Waals surface area contributed by atoms with Gasteiger partial charge in [-0.05, 0) is 24.3 Å². The second-order valence-electron chi connectivity index (χ2n) is 5.82. The number of nitrogens with zero attached hydrogens (tertiary/aromatic N) is 1. The molecule has 0 bridgehead atoms. The van der Waals surface area contributed by atoms with E-state index in [1.807, 2.05) is 24.3 Å². The standard InChI is InChI=1S/C21H17FNO/c1-23-20-11-4-2-9-17(20)19(18-10-3-5-12-21(18)23)14-24-16-8-6-7-15(22)13-16/h2-13H,14H2,1H3/q+1. The number of benzene rings is 3. The maximum atomic E-state index is 13.4. The smallest absolute Gasteiger partial charge is 0.213 e. The predicted octanol–water partition coefficient (Wildman–Crippen LogP) is 4.54. The lowest BCUT2D eigenvalue weighted by Crippen LogP contribution is -2.30. The summed E-state index contributed by atoms with van der Waals surface area (Å²) in [6, 6.07) is 22.8. The minimum atomic E-state index is -0.290. The number of aryl methyl sites for hydroxylation is 1. The van der Waals surface area contributed by atoms with Crippen LogP contribution in [0.15, 0.2) is 72.8 Å². The molecule has 4 rings (SSSR count). The van der Waals surface area contributed by atoms with Gasteiger partial charge in [0.15, 0.2) is 0 Å². The zero-order chi connectivity index (χ0) is 16.5. The third-order valence-electron chi connectivity index (χ3n) is 4.36. The van der Waals surface area contributed by atoms with Gasteiger partial charge in [-0.15, -0.1) is 0 Å². The molecule has 3 aromatic carbocycles. The molecule has 0 unspecified atom stereocenters. The average Bonchev–Trinajstić information content (AvgIpc) is 2.62. The molecule has 0 atom stereocenters. The number of ether oxygens (including phenoxy) is 1. The van der Waals surface area contributed by atoms with E-state index in [0.29, 0.717) is 12.4 Å². The van der Waals surface area contributed by atoms with Crippen LogP contribution in [0.25, 0.3) is 21.8 Å². The number of rotatable bonds is 3. The molecule has 1 aromatic heterocycles. The highest BCUT2D eigenvalue weighted by Crippen LogP contribution is 2.26. The van der Waals surface area contributed by atoms with Gasteiger partial charge in [0.1, 0.15) is 25.2 Å². The van der Waals surface area contributed by atoms with Crippen LogP contribution < -0.4 is 9.30 Å². The molecule has 0 aliphatic carbocycles. The summed E-state index contributed by atoms with van der Waals surface area (Å²) in [5.41, 5.74) is 3.41. The van der Waals surface area contributed by atoms with Gasteiger partial charge in [-0.2, -0.15) is 4.57 Å². The molecule has 118 valence electrons. The summed E-state index contributed by atoms with van der Waals surface area (Å²) in [6.45, 7) is 0.394. The van der Waals surface area contributed by atoms with Crippen molar-refractivity contribution in [2.24, 2.45) is 7.05 Å². The summed E-state index contributed by atoms with van der Waals surface area (Å²) in [5, 5.41) is 2.30. The van der Waals surface area contributed by atoms with Crippen molar-refractivity contribution in [3.05, 3.63) is 84.2 Å². The van der Waals surface area contributed by atoms with Crippen molar-refractivity contribution < 1.29 is 13.7 Å². The molecule has 0 aliphatic heterocycles. The lowest BCUT2D eigenvalue weighted by Gasteiger charge is -2.11. The van der Waals surface area contributed by atoms with Crippen LogP contribution in [0.2, 0.25) is 0 Å². The summed E-state index contributed by atoms with van der Waals surface area (Å²) in [4.78, 5) is 0. The number of halogens is 1. The van der Waals surface area contributed by atoms with Gasteiger partial charge >= 0.3 is 0 Å². The van der Waals surface area contributed by atoms with Crippen LogP contribution in [-0.4, -0.2) is 0 Å². The van der Waals surface area contributed by atoms with Gasteiger partial charge in [0.05, 0.1) is 10.8 Å². The van der Waals surface area contributed by atoms with E-state index in [-0.39, 0.29) is 5.82 Å². The zero-order valence-corrected chi connectivity index (χ0v) is 13.4. The molecule has 0 saturated carbocycles. The van der Waals surface area contributed by atoms with E-state index < -0.39 is 0 Å². The van der Waals surface area contributed by atoms with E-state index in [1.54, 1.807) is 12.1 Å². The summed E-state index contributed by atoms with van der Waals surface area (Å²) < 4.78 is 21.4. The summed E-state index contributed by atoms with van der Waals surface area (Å²) in [7, 11) is 2.07. The molecule has 0 saturated heterocycles. The molecule has 0 aliphatic rings. The van der Waals surface area contributed by atoms with Gasteiger partial charge in [-0.3, -0.25) is 0 Å². The van der Waals surface area contributed by atoms with E-state index in [0.717, 1.165) is 27.4 Å². The third kappa shape index (κ3) is 2.48. The van der Waals surface area contributed by atoms with Crippen molar-refractivity contribution >= 4 is 21.8 Å². The second-order valence-corrected chi connectivity index (χ2v) is 5.82. The molecule has 24 heavy (non-hydrogen) atoms. The SMILES string of the molecule is C[n+]1c2ccccc2c(COc2cccc(F)c2)c2ccccc21. The molecule has 0 N–H and O–H groups in total. The van der Waals surface area contributed by atoms with Crippen LogP contribution in [0.5, 0.6) is 5.75 Å². The summed E-state index contributed by atoms with van der Waals surface area (Å²) in [6.07, 6.45) is 0. The Morgan fingerprint density at radius 1 is 0.833 bits per heavy atom. The topological polar surface area (TPSA) is 13.1 Å². The fraction of sp³-hybridized carbons (Fsp3) is 0.0952. The molecule has 0 radical (unpaired) electrons. The van der Waals surface area contributed by atoms with Gasteiger partial charge in [-0.1, -0.05) is 30.3 Å². The zero-order valence-electron chi connectivity index (χ0n) is 13.4. The Balaban J connectivity index is 1.87. The average molecular weight is 318 g/mol. The molecule has 4 aromatic rings. The summed E-state index contributed by atoms with van der Waals surface area (Å²) >= 11 is 0. The predicted molar refractivity (Wildman–Crippen MR) is 93.4 cm³/mol. The van der Waals surface area contributed by atoms with E-state index in [4.69, 9.17) is 4.74 Å². The van der Waals surface area contributed by atoms with E-state index in [1.165, 1.54) is 12.1 Å². The Labute approximate surface area is 139 Å². The fourth-order valence-electron chi connectivity index (χ4n) is 3.19. The van der Waals surface area contributed by atoms with Crippen LogP contribution >= 0.6 is 0 Å². The number of hydrogen-bond donors (Lipinski definition) is 0. The Hall–Kier alpha value is -2.94. The van der Waals surface area contributed by atoms with Crippen molar-refractivity contribution in [2.75, 3.05) is 0 Å². The van der Waals surface area contributed by atoms with Crippen LogP contribution in [0, 0.1) is 5.82 Å². The lowest BCUT2D eigenvalue weighted by molar-refractivity contribution is -0.617. The van der Waals surface area contributed by atoms with Crippen LogP contribution in [0.3, 0.4) is 0 Å². The number of fused-ring (bicyclic) bond motifs is 2. The number of para-hydroxylation sites is 2. The van der Waals surface area contributed by atoms with Crippen LogP contribution in [-0.2, 0) is 13.7 Å². The fourth-order valence-corrected chi connectivity index (χ4v) is 3.19. The van der Waals surface area contributed by atoms with Crippen molar-refractivity contribution in [3.8, 4) is 5.75 Å². The van der Waals surface area contributed by atoms with Gasteiger partial charge in [0, 0.05) is 23.8 Å². The first-order valence-electron chi connectivity index (χ1n) is 7.91. The minimum Gasteiger partial charge on any atom is -0.489 e. The van der Waals surface area contributed by atoms with E-state index in [2.05, 4.69) is 35.9 Å². The van der Waals surface area contributed by atoms with Gasteiger partial charge in [-0.25, -0.2) is 4.39 Å². The largest absolute Gasteiger partial charge is 0.489 e. The molecular formula is C21H17FNO+. The van der Waals surface area contributed by atoms with Crippen molar-refractivity contribution in [3.63, 3.8) is 0 Å². The highest BCUT2D eigenvalue weighted by atomic mass is 19.1. The van der Waals surface area contributed by atoms with Gasteiger partial charge < -0.3 is 4.74 Å². The first-order chi connectivity index (χ1) is 11.7. The number of hydrogen-bond acceptors (Lipinski definition) is 1. The normalized spacial score (nSPS) is 11.1. The first-order valence-corrected chi connectivity index (χ1v) is 7.91. The quantitative estimate of drug-likeness (QED) is 0.399. The maximum absolute atomic E-state index is 13.4. The molecular weight excluding hydrogens is 301 g/mol. The third-order valence-corrected chi connectivity index (χ3v) is 4.36. The van der Waals surface area contributed by atoms with Gasteiger partial charge in [0.25, 0.3) is 0 Å². The highest BCUT2D eigenvalue weighted by molar-refractivity contribution is 5.93. The number of pyridine rings is 1. The Morgan fingerprint density at radius 2 is 1.46 bits per heavy atom. The van der Waals surface area contributed by atoms with Gasteiger partial charge in [0.2, 0.25) is 11.0 Å². The van der Waals surface area contributed by atoms with Crippen LogP contribution in [0.4, 0.5) is 4.39 Å². The Kier molecular flexibility index (Phi) is 3.62. The van der Waals surface area contributed by atoms with Crippen LogP contribution in [0.1, 0.15) is 5.56 Å². The Bertz CT molecular complexity index is 985.